The van der Waals surface area contributed by atoms with E-state index in [1.165, 1.54) is 41.5 Å². The summed E-state index contributed by atoms with van der Waals surface area (Å²) in [7, 11) is 0. The van der Waals surface area contributed by atoms with Crippen molar-refractivity contribution in [2.75, 3.05) is 13.1 Å². The monoisotopic (exact) mass is 371 g/mol. The highest BCUT2D eigenvalue weighted by Gasteiger charge is 2.26. The molecule has 0 N–H and O–H groups in total. The first kappa shape index (κ1) is 15.3. The van der Waals surface area contributed by atoms with Crippen LogP contribution in [-0.4, -0.2) is 18.0 Å². The molecule has 0 saturated carbocycles. The number of rotatable bonds is 2. The first-order valence-corrected chi connectivity index (χ1v) is 8.50. The molecular weight excluding hydrogens is 345 g/mol. The summed E-state index contributed by atoms with van der Waals surface area (Å²) < 4.78 is 1.32. The number of nitrogens with zero attached hydrogens (tertiary/aromatic N) is 1. The maximum absolute atomic E-state index is 2.63. The van der Waals surface area contributed by atoms with Crippen LogP contribution in [0.4, 0.5) is 0 Å². The molecule has 0 aliphatic carbocycles. The fraction of sp³-hybridized carbons (Fsp3) is 0.647. The Morgan fingerprint density at radius 3 is 2.42 bits per heavy atom. The van der Waals surface area contributed by atoms with Crippen LogP contribution in [-0.2, 0) is 6.54 Å². The van der Waals surface area contributed by atoms with E-state index in [-0.39, 0.29) is 0 Å². The number of hydrogen-bond donors (Lipinski definition) is 0. The lowest BCUT2D eigenvalue weighted by Gasteiger charge is -2.29. The highest BCUT2D eigenvalue weighted by atomic mass is 127. The second kappa shape index (κ2) is 6.57. The largest absolute Gasteiger partial charge is 0.299 e. The van der Waals surface area contributed by atoms with Gasteiger partial charge in [-0.2, -0.15) is 0 Å². The number of halogens is 1. The summed E-state index contributed by atoms with van der Waals surface area (Å²) in [5.74, 6) is 0.884. The Labute approximate surface area is 131 Å². The van der Waals surface area contributed by atoms with E-state index in [1.54, 1.807) is 0 Å². The molecule has 1 aromatic carbocycles. The van der Waals surface area contributed by atoms with Crippen molar-refractivity contribution >= 4 is 22.6 Å². The van der Waals surface area contributed by atoms with E-state index in [4.69, 9.17) is 0 Å². The van der Waals surface area contributed by atoms with Crippen LogP contribution in [0.1, 0.15) is 45.6 Å². The van der Waals surface area contributed by atoms with Gasteiger partial charge >= 0.3 is 0 Å². The van der Waals surface area contributed by atoms with Gasteiger partial charge in [0.05, 0.1) is 0 Å². The Morgan fingerprint density at radius 2 is 1.79 bits per heavy atom. The molecule has 2 heteroatoms. The van der Waals surface area contributed by atoms with Crippen LogP contribution in [0.5, 0.6) is 0 Å². The van der Waals surface area contributed by atoms with Gasteiger partial charge in [-0.05, 0) is 84.0 Å². The zero-order chi connectivity index (χ0) is 13.9. The molecule has 0 radical (unpaired) electrons. The summed E-state index contributed by atoms with van der Waals surface area (Å²) >= 11 is 2.37. The summed E-state index contributed by atoms with van der Waals surface area (Å²) in [5.41, 5.74) is 1.92. The van der Waals surface area contributed by atoms with Crippen LogP contribution in [0.3, 0.4) is 0 Å². The summed E-state index contributed by atoms with van der Waals surface area (Å²) in [6, 6.07) is 8.97. The first-order chi connectivity index (χ1) is 8.95. The molecule has 1 atom stereocenters. The molecule has 1 aliphatic rings. The van der Waals surface area contributed by atoms with Crippen LogP contribution in [0, 0.1) is 14.9 Å². The van der Waals surface area contributed by atoms with Crippen LogP contribution in [0.25, 0.3) is 0 Å². The number of benzene rings is 1. The minimum absolute atomic E-state index is 0.471. The molecule has 0 aromatic heterocycles. The van der Waals surface area contributed by atoms with Gasteiger partial charge in [-0.1, -0.05) is 32.9 Å². The Balaban J connectivity index is 1.91. The lowest BCUT2D eigenvalue weighted by atomic mass is 9.77. The van der Waals surface area contributed by atoms with E-state index >= 15 is 0 Å². The molecule has 2 rings (SSSR count). The minimum atomic E-state index is 0.471. The highest BCUT2D eigenvalue weighted by molar-refractivity contribution is 14.1. The average molecular weight is 371 g/mol. The van der Waals surface area contributed by atoms with Crippen molar-refractivity contribution in [3.8, 4) is 0 Å². The van der Waals surface area contributed by atoms with Gasteiger partial charge in [-0.15, -0.1) is 0 Å². The predicted molar refractivity (Wildman–Crippen MR) is 91.2 cm³/mol. The lowest BCUT2D eigenvalue weighted by Crippen LogP contribution is -2.26. The van der Waals surface area contributed by atoms with Crippen LogP contribution >= 0.6 is 22.6 Å². The Morgan fingerprint density at radius 1 is 1.11 bits per heavy atom. The normalized spacial score (nSPS) is 22.2. The number of likely N-dealkylation sites (tertiary alicyclic amines) is 1. The molecule has 0 amide bonds. The van der Waals surface area contributed by atoms with Gasteiger partial charge in [0.1, 0.15) is 0 Å². The zero-order valence-electron chi connectivity index (χ0n) is 12.5. The lowest BCUT2D eigenvalue weighted by molar-refractivity contribution is 0.206. The zero-order valence-corrected chi connectivity index (χ0v) is 14.6. The molecular formula is C17H26IN. The number of hydrogen-bond acceptors (Lipinski definition) is 1. The third-order valence-electron chi connectivity index (χ3n) is 4.36. The summed E-state index contributed by atoms with van der Waals surface area (Å²) in [6.45, 7) is 10.8. The van der Waals surface area contributed by atoms with Gasteiger partial charge in [-0.25, -0.2) is 0 Å². The Hall–Kier alpha value is -0.0900. The van der Waals surface area contributed by atoms with Crippen molar-refractivity contribution < 1.29 is 0 Å². The van der Waals surface area contributed by atoms with E-state index < -0.39 is 0 Å². The van der Waals surface area contributed by atoms with Gasteiger partial charge in [0.2, 0.25) is 0 Å². The topological polar surface area (TPSA) is 3.24 Å². The summed E-state index contributed by atoms with van der Waals surface area (Å²) in [6.07, 6.45) is 4.10. The van der Waals surface area contributed by atoms with Crippen molar-refractivity contribution in [1.29, 1.82) is 0 Å². The van der Waals surface area contributed by atoms with E-state index in [0.29, 0.717) is 5.41 Å². The van der Waals surface area contributed by atoms with Crippen molar-refractivity contribution in [3.05, 3.63) is 33.4 Å². The molecule has 1 nitrogen and oxygen atoms in total. The van der Waals surface area contributed by atoms with Crippen LogP contribution in [0.2, 0.25) is 0 Å². The van der Waals surface area contributed by atoms with Crippen molar-refractivity contribution in [3.63, 3.8) is 0 Å². The Kier molecular flexibility index (Phi) is 5.29. The van der Waals surface area contributed by atoms with Crippen LogP contribution < -0.4 is 0 Å². The van der Waals surface area contributed by atoms with Gasteiger partial charge in [0, 0.05) is 10.1 Å². The molecule has 1 aliphatic heterocycles. The van der Waals surface area contributed by atoms with Gasteiger partial charge in [0.15, 0.2) is 0 Å². The molecule has 1 saturated heterocycles. The molecule has 0 spiro atoms. The maximum atomic E-state index is 2.63. The summed E-state index contributed by atoms with van der Waals surface area (Å²) in [4.78, 5) is 2.63. The standard InChI is InChI=1S/C17H26IN/c1-17(2,3)15-5-4-11-19(12-10-15)13-14-6-8-16(18)9-7-14/h6-9,15H,4-5,10-13H2,1-3H3. The first-order valence-electron chi connectivity index (χ1n) is 7.42. The molecule has 1 aromatic rings. The molecule has 19 heavy (non-hydrogen) atoms. The SMILES string of the molecule is CC(C)(C)C1CCCN(Cc2ccc(I)cc2)CC1. The molecule has 1 heterocycles. The van der Waals surface area contributed by atoms with Crippen molar-refractivity contribution in [1.82, 2.24) is 4.90 Å². The quantitative estimate of drug-likeness (QED) is 0.666. The van der Waals surface area contributed by atoms with E-state index in [0.717, 1.165) is 12.5 Å². The van der Waals surface area contributed by atoms with E-state index in [2.05, 4.69) is 72.5 Å². The predicted octanol–water partition coefficient (Wildman–Crippen LogP) is 4.94. The molecule has 106 valence electrons. The fourth-order valence-electron chi connectivity index (χ4n) is 3.03. The smallest absolute Gasteiger partial charge is 0.0233 e. The van der Waals surface area contributed by atoms with Gasteiger partial charge in [0.25, 0.3) is 0 Å². The van der Waals surface area contributed by atoms with Gasteiger partial charge in [-0.3, -0.25) is 4.90 Å². The summed E-state index contributed by atoms with van der Waals surface area (Å²) in [5, 5.41) is 0. The molecule has 0 bridgehead atoms. The van der Waals surface area contributed by atoms with Gasteiger partial charge < -0.3 is 0 Å². The second-order valence-electron chi connectivity index (χ2n) is 6.90. The second-order valence-corrected chi connectivity index (χ2v) is 8.14. The highest BCUT2D eigenvalue weighted by Crippen LogP contribution is 2.34. The molecule has 1 fully saturated rings. The third-order valence-corrected chi connectivity index (χ3v) is 5.08. The average Bonchev–Trinajstić information content (AvgIpc) is 2.57. The maximum Gasteiger partial charge on any atom is 0.0233 e. The van der Waals surface area contributed by atoms with Crippen molar-refractivity contribution in [2.24, 2.45) is 11.3 Å². The molecule has 1 unspecified atom stereocenters. The van der Waals surface area contributed by atoms with Crippen LogP contribution in [0.15, 0.2) is 24.3 Å². The van der Waals surface area contributed by atoms with E-state index in [9.17, 15) is 0 Å². The Bertz CT molecular complexity index is 391. The minimum Gasteiger partial charge on any atom is -0.299 e. The fourth-order valence-corrected chi connectivity index (χ4v) is 3.39. The van der Waals surface area contributed by atoms with E-state index in [1.807, 2.05) is 0 Å². The van der Waals surface area contributed by atoms with Crippen molar-refractivity contribution in [2.45, 2.75) is 46.6 Å². The third kappa shape index (κ3) is 4.75.